The van der Waals surface area contributed by atoms with Gasteiger partial charge in [-0.25, -0.2) is 0 Å². The Morgan fingerprint density at radius 3 is 0.788 bits per heavy atom. The summed E-state index contributed by atoms with van der Waals surface area (Å²) in [4.78, 5) is 38.2. The molecule has 0 N–H and O–H groups in total. The first-order valence-corrected chi connectivity index (χ1v) is 29.6. The molecule has 392 valence electrons. The van der Waals surface area contributed by atoms with Crippen LogP contribution in [0.3, 0.4) is 0 Å². The van der Waals surface area contributed by atoms with E-state index in [0.29, 0.717) is 19.3 Å². The predicted molar refractivity (Wildman–Crippen MR) is 284 cm³/mol. The first-order chi connectivity index (χ1) is 32.1. The summed E-state index contributed by atoms with van der Waals surface area (Å²) in [6.07, 6.45) is 53.8. The van der Waals surface area contributed by atoms with Gasteiger partial charge in [0.05, 0.1) is 0 Å². The van der Waals surface area contributed by atoms with E-state index in [1.165, 1.54) is 212 Å². The van der Waals surface area contributed by atoms with E-state index in [0.717, 1.165) is 75.5 Å². The molecule has 0 amide bonds. The molecule has 0 saturated heterocycles. The molecular weight excluding hydrogens is 817 g/mol. The second-order valence-electron chi connectivity index (χ2n) is 21.8. The second-order valence-corrected chi connectivity index (χ2v) is 21.8. The molecule has 0 aromatic carbocycles. The van der Waals surface area contributed by atoms with Crippen LogP contribution in [0.2, 0.25) is 0 Å². The van der Waals surface area contributed by atoms with Crippen LogP contribution in [0, 0.1) is 17.8 Å². The van der Waals surface area contributed by atoms with Crippen molar-refractivity contribution in [3.05, 3.63) is 0 Å². The van der Waals surface area contributed by atoms with Crippen LogP contribution >= 0.6 is 0 Å². The summed E-state index contributed by atoms with van der Waals surface area (Å²) in [6.45, 7) is 13.8. The van der Waals surface area contributed by atoms with Crippen LogP contribution in [-0.2, 0) is 28.6 Å². The number of carbonyl (C=O) groups excluding carboxylic acids is 3. The van der Waals surface area contributed by atoms with E-state index in [-0.39, 0.29) is 31.1 Å². The third kappa shape index (κ3) is 51.8. The van der Waals surface area contributed by atoms with Gasteiger partial charge in [-0.15, -0.1) is 0 Å². The van der Waals surface area contributed by atoms with E-state index in [1.54, 1.807) is 0 Å². The van der Waals surface area contributed by atoms with Gasteiger partial charge in [-0.05, 0) is 37.0 Å². The van der Waals surface area contributed by atoms with Gasteiger partial charge in [0.2, 0.25) is 0 Å². The molecule has 0 heterocycles. The average molecular weight is 934 g/mol. The fraction of sp³-hybridized carbons (Fsp3) is 0.950. The van der Waals surface area contributed by atoms with Crippen molar-refractivity contribution in [3.8, 4) is 0 Å². The van der Waals surface area contributed by atoms with E-state index < -0.39 is 6.10 Å². The quantitative estimate of drug-likeness (QED) is 0.0343. The van der Waals surface area contributed by atoms with E-state index in [9.17, 15) is 14.4 Å². The highest BCUT2D eigenvalue weighted by Crippen LogP contribution is 2.19. The molecule has 0 radical (unpaired) electrons. The SMILES string of the molecule is CCC(C)CCCCCCCCCCC(=O)OC[C@@H](COC(=O)CCCCCCCCCCCCCCCCCC(C)C)OC(=O)CCCCCCCCCCCCCCCCCC(C)C. The molecule has 6 nitrogen and oxygen atoms in total. The Hall–Kier alpha value is -1.59. The van der Waals surface area contributed by atoms with Crippen molar-refractivity contribution in [1.29, 1.82) is 0 Å². The smallest absolute Gasteiger partial charge is 0.306 e. The first-order valence-electron chi connectivity index (χ1n) is 29.6. The summed E-state index contributed by atoms with van der Waals surface area (Å²) in [7, 11) is 0. The molecule has 0 spiro atoms. The second kappa shape index (κ2) is 51.3. The topological polar surface area (TPSA) is 78.9 Å². The van der Waals surface area contributed by atoms with Crippen LogP contribution in [-0.4, -0.2) is 37.2 Å². The Bertz CT molecular complexity index is 1020. The van der Waals surface area contributed by atoms with Gasteiger partial charge >= 0.3 is 17.9 Å². The average Bonchev–Trinajstić information content (AvgIpc) is 3.29. The minimum atomic E-state index is -0.764. The van der Waals surface area contributed by atoms with Crippen LogP contribution in [0.15, 0.2) is 0 Å². The molecule has 0 saturated carbocycles. The largest absolute Gasteiger partial charge is 0.462 e. The van der Waals surface area contributed by atoms with E-state index in [1.807, 2.05) is 0 Å². The van der Waals surface area contributed by atoms with Gasteiger partial charge in [-0.1, -0.05) is 292 Å². The highest BCUT2D eigenvalue weighted by Gasteiger charge is 2.19. The standard InChI is InChI=1S/C60H116O6/c1-7-56(6)48-42-36-30-26-27-32-38-44-50-59(62)65-53-57(66-60(63)51-45-39-33-25-21-17-13-9-11-15-19-23-29-35-41-47-55(4)5)52-64-58(61)49-43-37-31-24-20-16-12-8-10-14-18-22-28-34-40-46-54(2)3/h54-57H,7-53H2,1-6H3/t56?,57-/m1/s1. The normalized spacial score (nSPS) is 12.5. The maximum Gasteiger partial charge on any atom is 0.306 e. The van der Waals surface area contributed by atoms with Gasteiger partial charge in [0.15, 0.2) is 6.10 Å². The molecule has 0 rings (SSSR count). The molecule has 1 unspecified atom stereocenters. The Kier molecular flexibility index (Phi) is 50.0. The summed E-state index contributed by atoms with van der Waals surface area (Å²) in [5, 5.41) is 0. The highest BCUT2D eigenvalue weighted by molar-refractivity contribution is 5.71. The molecule has 0 aliphatic heterocycles. The lowest BCUT2D eigenvalue weighted by Crippen LogP contribution is -2.30. The number of esters is 3. The number of unbranched alkanes of at least 4 members (excludes halogenated alkanes) is 35. The van der Waals surface area contributed by atoms with Crippen molar-refractivity contribution < 1.29 is 28.6 Å². The molecular formula is C60H116O6. The number of carbonyl (C=O) groups is 3. The summed E-state index contributed by atoms with van der Waals surface area (Å²) in [5.41, 5.74) is 0. The third-order valence-electron chi connectivity index (χ3n) is 14.0. The van der Waals surface area contributed by atoms with Crippen LogP contribution in [0.25, 0.3) is 0 Å². The molecule has 0 aliphatic rings. The number of rotatable bonds is 53. The molecule has 0 bridgehead atoms. The number of hydrogen-bond acceptors (Lipinski definition) is 6. The molecule has 66 heavy (non-hydrogen) atoms. The Morgan fingerprint density at radius 1 is 0.303 bits per heavy atom. The Balaban J connectivity index is 4.28. The van der Waals surface area contributed by atoms with Gasteiger partial charge < -0.3 is 14.2 Å². The zero-order valence-electron chi connectivity index (χ0n) is 45.5. The molecule has 0 aliphatic carbocycles. The van der Waals surface area contributed by atoms with E-state index >= 15 is 0 Å². The Morgan fingerprint density at radius 2 is 0.530 bits per heavy atom. The van der Waals surface area contributed by atoms with Crippen molar-refractivity contribution in [2.24, 2.45) is 17.8 Å². The zero-order chi connectivity index (χ0) is 48.4. The lowest BCUT2D eigenvalue weighted by atomic mass is 9.99. The van der Waals surface area contributed by atoms with Crippen LogP contribution in [0.5, 0.6) is 0 Å². The van der Waals surface area contributed by atoms with Crippen molar-refractivity contribution in [2.75, 3.05) is 13.2 Å². The third-order valence-corrected chi connectivity index (χ3v) is 14.0. The zero-order valence-corrected chi connectivity index (χ0v) is 45.5. The monoisotopic (exact) mass is 933 g/mol. The first kappa shape index (κ1) is 64.4. The molecule has 2 atom stereocenters. The van der Waals surface area contributed by atoms with Crippen molar-refractivity contribution in [3.63, 3.8) is 0 Å². The van der Waals surface area contributed by atoms with Crippen molar-refractivity contribution >= 4 is 17.9 Å². The molecule has 0 aromatic heterocycles. The van der Waals surface area contributed by atoms with Crippen molar-refractivity contribution in [2.45, 2.75) is 337 Å². The maximum atomic E-state index is 12.9. The summed E-state index contributed by atoms with van der Waals surface area (Å²) < 4.78 is 16.9. The predicted octanol–water partition coefficient (Wildman–Crippen LogP) is 19.5. The number of hydrogen-bond donors (Lipinski definition) is 0. The number of ether oxygens (including phenoxy) is 3. The molecule has 6 heteroatoms. The van der Waals surface area contributed by atoms with Crippen molar-refractivity contribution in [1.82, 2.24) is 0 Å². The van der Waals surface area contributed by atoms with Gasteiger partial charge in [-0.3, -0.25) is 14.4 Å². The van der Waals surface area contributed by atoms with Gasteiger partial charge in [-0.2, -0.15) is 0 Å². The lowest BCUT2D eigenvalue weighted by Gasteiger charge is -2.18. The summed E-state index contributed by atoms with van der Waals surface area (Å²) in [6, 6.07) is 0. The molecule has 0 aromatic rings. The fourth-order valence-electron chi connectivity index (χ4n) is 9.14. The minimum Gasteiger partial charge on any atom is -0.462 e. The van der Waals surface area contributed by atoms with E-state index in [2.05, 4.69) is 41.5 Å². The van der Waals surface area contributed by atoms with Crippen LogP contribution in [0.1, 0.15) is 330 Å². The maximum absolute atomic E-state index is 12.9. The lowest BCUT2D eigenvalue weighted by molar-refractivity contribution is -0.167. The van der Waals surface area contributed by atoms with E-state index in [4.69, 9.17) is 14.2 Å². The molecule has 0 fully saturated rings. The van der Waals surface area contributed by atoms with Gasteiger partial charge in [0, 0.05) is 19.3 Å². The summed E-state index contributed by atoms with van der Waals surface area (Å²) >= 11 is 0. The van der Waals surface area contributed by atoms with Crippen LogP contribution < -0.4 is 0 Å². The Labute approximate surface area is 412 Å². The fourth-order valence-corrected chi connectivity index (χ4v) is 9.14. The minimum absolute atomic E-state index is 0.0635. The van der Waals surface area contributed by atoms with Gasteiger partial charge in [0.1, 0.15) is 13.2 Å². The van der Waals surface area contributed by atoms with Crippen LogP contribution in [0.4, 0.5) is 0 Å². The van der Waals surface area contributed by atoms with Gasteiger partial charge in [0.25, 0.3) is 0 Å². The highest BCUT2D eigenvalue weighted by atomic mass is 16.6. The summed E-state index contributed by atoms with van der Waals surface area (Å²) in [5.74, 6) is 1.70.